The van der Waals surface area contributed by atoms with Gasteiger partial charge in [-0.3, -0.25) is 14.6 Å². The molecule has 1 aromatic carbocycles. The molecule has 33 heavy (non-hydrogen) atoms. The summed E-state index contributed by atoms with van der Waals surface area (Å²) >= 11 is 0. The number of hydrogen-bond donors (Lipinski definition) is 1. The molecule has 1 N–H and O–H groups in total. The molecule has 1 aliphatic carbocycles. The molecule has 3 aromatic rings. The van der Waals surface area contributed by atoms with E-state index in [1.807, 2.05) is 22.8 Å². The Morgan fingerprint density at radius 3 is 2.67 bits per heavy atom. The van der Waals surface area contributed by atoms with Crippen molar-refractivity contribution in [2.75, 3.05) is 13.1 Å². The van der Waals surface area contributed by atoms with E-state index < -0.39 is 0 Å². The number of pyridine rings is 1. The van der Waals surface area contributed by atoms with Crippen molar-refractivity contribution < 1.29 is 9.59 Å². The molecule has 2 aromatic heterocycles. The van der Waals surface area contributed by atoms with Crippen molar-refractivity contribution in [3.63, 3.8) is 0 Å². The van der Waals surface area contributed by atoms with E-state index in [0.29, 0.717) is 30.3 Å². The predicted octanol–water partition coefficient (Wildman–Crippen LogP) is 3.90. The number of carbonyl (C=O) groups excluding carboxylic acids is 2. The van der Waals surface area contributed by atoms with Crippen molar-refractivity contribution >= 4 is 22.8 Å². The van der Waals surface area contributed by atoms with Crippen molar-refractivity contribution in [1.82, 2.24) is 24.8 Å². The van der Waals surface area contributed by atoms with Gasteiger partial charge in [0.1, 0.15) is 0 Å². The largest absolute Gasteiger partial charge is 0.350 e. The number of fused-ring (bicyclic) bond motifs is 3. The Labute approximate surface area is 194 Å². The molecule has 1 saturated carbocycles. The van der Waals surface area contributed by atoms with Gasteiger partial charge in [0.25, 0.3) is 11.8 Å². The number of carbonyl (C=O) groups is 2. The van der Waals surface area contributed by atoms with Gasteiger partial charge in [-0.25, -0.2) is 4.98 Å². The van der Waals surface area contributed by atoms with Gasteiger partial charge >= 0.3 is 0 Å². The molecular formula is C26H31N5O2. The monoisotopic (exact) mass is 445 g/mol. The van der Waals surface area contributed by atoms with Crippen molar-refractivity contribution in [2.24, 2.45) is 10.8 Å². The maximum atomic E-state index is 13.4. The fourth-order valence-electron chi connectivity index (χ4n) is 6.13. The van der Waals surface area contributed by atoms with Gasteiger partial charge in [-0.2, -0.15) is 0 Å². The third kappa shape index (κ3) is 4.24. The van der Waals surface area contributed by atoms with Crippen LogP contribution in [0.15, 0.2) is 49.1 Å². The van der Waals surface area contributed by atoms with Gasteiger partial charge in [0.05, 0.1) is 17.4 Å². The van der Waals surface area contributed by atoms with Crippen LogP contribution in [-0.4, -0.2) is 50.4 Å². The summed E-state index contributed by atoms with van der Waals surface area (Å²) in [6, 6.07) is 9.48. The second-order valence-electron chi connectivity index (χ2n) is 10.8. The highest BCUT2D eigenvalue weighted by molar-refractivity contribution is 5.98. The molecule has 7 heteroatoms. The molecule has 0 radical (unpaired) electrons. The highest BCUT2D eigenvalue weighted by Crippen LogP contribution is 2.52. The van der Waals surface area contributed by atoms with Crippen LogP contribution in [0.3, 0.4) is 0 Å². The molecule has 2 bridgehead atoms. The summed E-state index contributed by atoms with van der Waals surface area (Å²) < 4.78 is 2.00. The summed E-state index contributed by atoms with van der Waals surface area (Å²) in [6.07, 6.45) is 8.31. The van der Waals surface area contributed by atoms with E-state index in [1.54, 1.807) is 30.9 Å². The molecule has 1 saturated heterocycles. The first-order valence-electron chi connectivity index (χ1n) is 11.7. The fourth-order valence-corrected chi connectivity index (χ4v) is 6.13. The molecule has 5 rings (SSSR count). The maximum Gasteiger partial charge on any atom is 0.254 e. The van der Waals surface area contributed by atoms with Gasteiger partial charge in [-0.15, -0.1) is 0 Å². The number of nitrogens with one attached hydrogen (secondary N) is 1. The second-order valence-corrected chi connectivity index (χ2v) is 10.8. The van der Waals surface area contributed by atoms with Gasteiger partial charge in [-0.05, 0) is 60.4 Å². The quantitative estimate of drug-likeness (QED) is 0.646. The minimum Gasteiger partial charge on any atom is -0.350 e. The molecule has 2 fully saturated rings. The fraction of sp³-hybridized carbons (Fsp3) is 0.462. The van der Waals surface area contributed by atoms with E-state index in [1.165, 1.54) is 6.42 Å². The molecular weight excluding hydrogens is 414 g/mol. The summed E-state index contributed by atoms with van der Waals surface area (Å²) in [6.45, 7) is 8.89. The summed E-state index contributed by atoms with van der Waals surface area (Å²) in [4.78, 5) is 36.2. The zero-order valence-corrected chi connectivity index (χ0v) is 19.5. The topological polar surface area (TPSA) is 80.1 Å². The Bertz CT molecular complexity index is 1200. The second kappa shape index (κ2) is 7.97. The van der Waals surface area contributed by atoms with Crippen LogP contribution in [0.2, 0.25) is 0 Å². The number of aromatic nitrogens is 3. The van der Waals surface area contributed by atoms with E-state index in [-0.39, 0.29) is 22.6 Å². The highest BCUT2D eigenvalue weighted by atomic mass is 16.2. The Hall–Kier alpha value is -3.22. The molecule has 2 aliphatic rings. The lowest BCUT2D eigenvalue weighted by Gasteiger charge is -2.39. The average molecular weight is 446 g/mol. The van der Waals surface area contributed by atoms with Crippen molar-refractivity contribution in [3.8, 4) is 0 Å². The smallest absolute Gasteiger partial charge is 0.254 e. The Balaban J connectivity index is 1.27. The van der Waals surface area contributed by atoms with Crippen LogP contribution in [0, 0.1) is 10.8 Å². The van der Waals surface area contributed by atoms with Crippen LogP contribution < -0.4 is 5.32 Å². The van der Waals surface area contributed by atoms with E-state index in [9.17, 15) is 9.59 Å². The van der Waals surface area contributed by atoms with Crippen molar-refractivity contribution in [1.29, 1.82) is 0 Å². The van der Waals surface area contributed by atoms with Crippen LogP contribution in [-0.2, 0) is 6.54 Å². The Morgan fingerprint density at radius 1 is 1.09 bits per heavy atom. The standard InChI is InChI=1S/C26H31N5O2/c1-25(2)13-20-14-26(3,15-25)16-31(20)24(33)19-4-5-22-21(12-19)29-17-30(22)11-10-28-23(32)18-6-8-27-9-7-18/h4-9,12,17,20H,10-11,13-16H2,1-3H3,(H,28,32). The zero-order chi connectivity index (χ0) is 23.2. The predicted molar refractivity (Wildman–Crippen MR) is 127 cm³/mol. The average Bonchev–Trinajstić information content (AvgIpc) is 3.29. The summed E-state index contributed by atoms with van der Waals surface area (Å²) in [5.41, 5.74) is 3.55. The minimum absolute atomic E-state index is 0.113. The van der Waals surface area contributed by atoms with Crippen LogP contribution in [0.4, 0.5) is 0 Å². The number of likely N-dealkylation sites (tertiary alicyclic amines) is 1. The number of amides is 2. The van der Waals surface area contributed by atoms with Gasteiger partial charge in [0.15, 0.2) is 0 Å². The Kier molecular flexibility index (Phi) is 5.22. The normalized spacial score (nSPS) is 23.6. The summed E-state index contributed by atoms with van der Waals surface area (Å²) in [7, 11) is 0. The van der Waals surface area contributed by atoms with E-state index in [4.69, 9.17) is 0 Å². The lowest BCUT2D eigenvalue weighted by Crippen LogP contribution is -2.37. The molecule has 0 spiro atoms. The molecule has 7 nitrogen and oxygen atoms in total. The molecule has 3 heterocycles. The van der Waals surface area contributed by atoms with Crippen molar-refractivity contribution in [3.05, 3.63) is 60.2 Å². The van der Waals surface area contributed by atoms with Gasteiger partial charge in [0, 0.05) is 49.2 Å². The first-order valence-corrected chi connectivity index (χ1v) is 11.7. The first-order chi connectivity index (χ1) is 15.7. The lowest BCUT2D eigenvalue weighted by molar-refractivity contribution is 0.0708. The lowest BCUT2D eigenvalue weighted by atomic mass is 9.65. The van der Waals surface area contributed by atoms with Gasteiger partial charge in [-0.1, -0.05) is 20.8 Å². The molecule has 1 aliphatic heterocycles. The number of hydrogen-bond acceptors (Lipinski definition) is 4. The van der Waals surface area contributed by atoms with Gasteiger partial charge < -0.3 is 14.8 Å². The summed E-state index contributed by atoms with van der Waals surface area (Å²) in [5, 5.41) is 2.92. The highest BCUT2D eigenvalue weighted by Gasteiger charge is 2.51. The molecule has 2 unspecified atom stereocenters. The first kappa shape index (κ1) is 21.6. The van der Waals surface area contributed by atoms with E-state index in [2.05, 4.69) is 41.0 Å². The summed E-state index contributed by atoms with van der Waals surface area (Å²) in [5.74, 6) is -0.00936. The van der Waals surface area contributed by atoms with Crippen LogP contribution in [0.1, 0.15) is 60.7 Å². The molecule has 2 amide bonds. The maximum absolute atomic E-state index is 13.4. The number of benzene rings is 1. The van der Waals surface area contributed by atoms with E-state index in [0.717, 1.165) is 30.4 Å². The van der Waals surface area contributed by atoms with Gasteiger partial charge in [0.2, 0.25) is 0 Å². The molecule has 2 atom stereocenters. The SMILES string of the molecule is CC1(C)CC2CC(C)(CN2C(=O)c2ccc3c(c2)ncn3CCNC(=O)c2ccncc2)C1. The van der Waals surface area contributed by atoms with Crippen molar-refractivity contribution in [2.45, 2.75) is 52.6 Å². The third-order valence-corrected chi connectivity index (χ3v) is 7.12. The van der Waals surface area contributed by atoms with Crippen LogP contribution in [0.25, 0.3) is 11.0 Å². The Morgan fingerprint density at radius 2 is 1.88 bits per heavy atom. The number of nitrogens with zero attached hydrogens (tertiary/aromatic N) is 4. The third-order valence-electron chi connectivity index (χ3n) is 7.12. The number of rotatable bonds is 5. The zero-order valence-electron chi connectivity index (χ0n) is 19.5. The minimum atomic E-state index is -0.123. The van der Waals surface area contributed by atoms with Crippen LogP contribution in [0.5, 0.6) is 0 Å². The molecule has 172 valence electrons. The number of imidazole rings is 1. The van der Waals surface area contributed by atoms with E-state index >= 15 is 0 Å². The van der Waals surface area contributed by atoms with Crippen LogP contribution >= 0.6 is 0 Å².